The fraction of sp³-hybridized carbons (Fsp3) is 0.182. The Hall–Kier alpha value is -1.77. The van der Waals surface area contributed by atoms with Crippen LogP contribution in [0.1, 0.15) is 21.9 Å². The quantitative estimate of drug-likeness (QED) is 0.640. The Balaban J connectivity index is 2.83. The van der Waals surface area contributed by atoms with Gasteiger partial charge in [0.1, 0.15) is 0 Å². The van der Waals surface area contributed by atoms with E-state index in [0.717, 1.165) is 22.2 Å². The molecule has 0 saturated carbocycles. The van der Waals surface area contributed by atoms with E-state index in [1.807, 2.05) is 32.0 Å². The molecule has 14 heavy (non-hydrogen) atoms. The molecule has 3 heteroatoms. The van der Waals surface area contributed by atoms with E-state index in [0.29, 0.717) is 6.29 Å². The van der Waals surface area contributed by atoms with Crippen molar-refractivity contribution in [2.45, 2.75) is 13.8 Å². The third kappa shape index (κ3) is 1.37. The van der Waals surface area contributed by atoms with Crippen molar-refractivity contribution in [1.82, 2.24) is 9.97 Å². The maximum Gasteiger partial charge on any atom is 0.193 e. The summed E-state index contributed by atoms with van der Waals surface area (Å²) in [6.07, 6.45) is 0.675. The van der Waals surface area contributed by atoms with E-state index in [9.17, 15) is 4.79 Å². The number of aromatic nitrogens is 2. The van der Waals surface area contributed by atoms with Gasteiger partial charge in [-0.15, -0.1) is 0 Å². The monoisotopic (exact) mass is 186 g/mol. The Labute approximate surface area is 81.8 Å². The molecule has 0 bridgehead atoms. The minimum absolute atomic E-state index is 0.251. The molecule has 0 unspecified atom stereocenters. The first kappa shape index (κ1) is 8.81. The molecule has 1 aromatic heterocycles. The number of aryl methyl sites for hydroxylation is 2. The van der Waals surface area contributed by atoms with Crippen molar-refractivity contribution in [3.63, 3.8) is 0 Å². The molecule has 0 N–H and O–H groups in total. The molecule has 0 aliphatic rings. The van der Waals surface area contributed by atoms with Crippen LogP contribution in [0.15, 0.2) is 18.2 Å². The van der Waals surface area contributed by atoms with Gasteiger partial charge in [0.05, 0.1) is 5.52 Å². The maximum atomic E-state index is 10.6. The van der Waals surface area contributed by atoms with Crippen LogP contribution in [-0.2, 0) is 0 Å². The normalized spacial score (nSPS) is 10.4. The van der Waals surface area contributed by atoms with Gasteiger partial charge in [0.25, 0.3) is 0 Å². The van der Waals surface area contributed by atoms with Crippen LogP contribution in [0.4, 0.5) is 0 Å². The third-order valence-corrected chi connectivity index (χ3v) is 2.17. The fourth-order valence-corrected chi connectivity index (χ4v) is 1.47. The van der Waals surface area contributed by atoms with Crippen LogP contribution >= 0.6 is 0 Å². The first-order valence-corrected chi connectivity index (χ1v) is 4.41. The predicted octanol–water partition coefficient (Wildman–Crippen LogP) is 2.06. The lowest BCUT2D eigenvalue weighted by molar-refractivity contribution is 0.111. The number of fused-ring (bicyclic) bond motifs is 1. The molecule has 1 heterocycles. The summed E-state index contributed by atoms with van der Waals surface area (Å²) in [5.74, 6) is 0.251. The van der Waals surface area contributed by atoms with Crippen molar-refractivity contribution in [1.29, 1.82) is 0 Å². The lowest BCUT2D eigenvalue weighted by atomic mass is 10.1. The Kier molecular flexibility index (Phi) is 2.00. The van der Waals surface area contributed by atoms with Crippen molar-refractivity contribution in [3.05, 3.63) is 35.3 Å². The lowest BCUT2D eigenvalue weighted by Gasteiger charge is -2.02. The molecule has 0 aliphatic carbocycles. The van der Waals surface area contributed by atoms with E-state index in [-0.39, 0.29) is 5.82 Å². The molecule has 2 aromatic rings. The second-order valence-corrected chi connectivity index (χ2v) is 3.31. The smallest absolute Gasteiger partial charge is 0.193 e. The highest BCUT2D eigenvalue weighted by Gasteiger charge is 2.03. The summed E-state index contributed by atoms with van der Waals surface area (Å²) in [6.45, 7) is 3.88. The largest absolute Gasteiger partial charge is 0.294 e. The Morgan fingerprint density at radius 3 is 2.71 bits per heavy atom. The summed E-state index contributed by atoms with van der Waals surface area (Å²) in [7, 11) is 0. The van der Waals surface area contributed by atoms with Crippen molar-refractivity contribution in [2.24, 2.45) is 0 Å². The van der Waals surface area contributed by atoms with Crippen LogP contribution in [0.5, 0.6) is 0 Å². The number of rotatable bonds is 1. The number of hydrogen-bond donors (Lipinski definition) is 0. The minimum atomic E-state index is 0.251. The number of hydrogen-bond acceptors (Lipinski definition) is 3. The molecular formula is C11H10N2O. The molecule has 3 nitrogen and oxygen atoms in total. The van der Waals surface area contributed by atoms with Crippen molar-refractivity contribution in [2.75, 3.05) is 0 Å². The standard InChI is InChI=1S/C11H10N2O/c1-7-3-4-9-8(2)12-11(6-14)13-10(9)5-7/h3-6H,1-2H3. The SMILES string of the molecule is Cc1ccc2c(C)nc(C=O)nc2c1. The Bertz CT molecular complexity index is 506. The van der Waals surface area contributed by atoms with Gasteiger partial charge in [0.2, 0.25) is 0 Å². The van der Waals surface area contributed by atoms with E-state index in [1.165, 1.54) is 0 Å². The molecular weight excluding hydrogens is 176 g/mol. The molecule has 0 amide bonds. The molecule has 0 saturated heterocycles. The molecule has 0 radical (unpaired) electrons. The van der Waals surface area contributed by atoms with Gasteiger partial charge in [0, 0.05) is 11.1 Å². The number of aldehydes is 1. The number of benzene rings is 1. The van der Waals surface area contributed by atoms with Gasteiger partial charge in [0.15, 0.2) is 12.1 Å². The highest BCUT2D eigenvalue weighted by molar-refractivity contribution is 5.84. The number of carbonyl (C=O) groups excluding carboxylic acids is 1. The fourth-order valence-electron chi connectivity index (χ4n) is 1.47. The highest BCUT2D eigenvalue weighted by Crippen LogP contribution is 2.16. The van der Waals surface area contributed by atoms with Gasteiger partial charge in [-0.25, -0.2) is 9.97 Å². The van der Waals surface area contributed by atoms with Crippen LogP contribution < -0.4 is 0 Å². The summed E-state index contributed by atoms with van der Waals surface area (Å²) >= 11 is 0. The van der Waals surface area contributed by atoms with Gasteiger partial charge in [-0.1, -0.05) is 12.1 Å². The van der Waals surface area contributed by atoms with Gasteiger partial charge in [-0.3, -0.25) is 4.79 Å². The molecule has 1 aromatic carbocycles. The highest BCUT2D eigenvalue weighted by atomic mass is 16.1. The molecule has 0 spiro atoms. The van der Waals surface area contributed by atoms with Gasteiger partial charge in [-0.2, -0.15) is 0 Å². The van der Waals surface area contributed by atoms with Crippen LogP contribution in [0, 0.1) is 13.8 Å². The third-order valence-electron chi connectivity index (χ3n) is 2.17. The van der Waals surface area contributed by atoms with Gasteiger partial charge < -0.3 is 0 Å². The first-order chi connectivity index (χ1) is 6.70. The maximum absolute atomic E-state index is 10.6. The summed E-state index contributed by atoms with van der Waals surface area (Å²) in [5, 5.41) is 1.00. The second-order valence-electron chi connectivity index (χ2n) is 3.31. The van der Waals surface area contributed by atoms with Gasteiger partial charge in [-0.05, 0) is 25.5 Å². The van der Waals surface area contributed by atoms with E-state index < -0.39 is 0 Å². The molecule has 0 fully saturated rings. The lowest BCUT2D eigenvalue weighted by Crippen LogP contribution is -1.96. The minimum Gasteiger partial charge on any atom is -0.294 e. The molecule has 70 valence electrons. The molecule has 0 atom stereocenters. The van der Waals surface area contributed by atoms with Crippen molar-refractivity contribution >= 4 is 17.2 Å². The average molecular weight is 186 g/mol. The molecule has 0 aliphatic heterocycles. The van der Waals surface area contributed by atoms with Crippen LogP contribution in [0.2, 0.25) is 0 Å². The van der Waals surface area contributed by atoms with Crippen LogP contribution in [0.3, 0.4) is 0 Å². The Morgan fingerprint density at radius 1 is 1.21 bits per heavy atom. The number of nitrogens with zero attached hydrogens (tertiary/aromatic N) is 2. The van der Waals surface area contributed by atoms with E-state index in [2.05, 4.69) is 9.97 Å². The summed E-state index contributed by atoms with van der Waals surface area (Å²) in [4.78, 5) is 18.8. The van der Waals surface area contributed by atoms with Crippen molar-refractivity contribution in [3.8, 4) is 0 Å². The van der Waals surface area contributed by atoms with Crippen LogP contribution in [0.25, 0.3) is 10.9 Å². The van der Waals surface area contributed by atoms with Crippen LogP contribution in [-0.4, -0.2) is 16.3 Å². The predicted molar refractivity (Wildman–Crippen MR) is 54.4 cm³/mol. The first-order valence-electron chi connectivity index (χ1n) is 4.41. The summed E-state index contributed by atoms with van der Waals surface area (Å²) in [6, 6.07) is 5.95. The number of carbonyl (C=O) groups is 1. The zero-order valence-electron chi connectivity index (χ0n) is 8.11. The topological polar surface area (TPSA) is 42.9 Å². The summed E-state index contributed by atoms with van der Waals surface area (Å²) in [5.41, 5.74) is 2.81. The summed E-state index contributed by atoms with van der Waals surface area (Å²) < 4.78 is 0. The van der Waals surface area contributed by atoms with E-state index >= 15 is 0 Å². The van der Waals surface area contributed by atoms with Gasteiger partial charge >= 0.3 is 0 Å². The van der Waals surface area contributed by atoms with Crippen molar-refractivity contribution < 1.29 is 4.79 Å². The molecule has 2 rings (SSSR count). The average Bonchev–Trinajstić information content (AvgIpc) is 2.16. The van der Waals surface area contributed by atoms with E-state index in [4.69, 9.17) is 0 Å². The zero-order valence-corrected chi connectivity index (χ0v) is 8.11. The Morgan fingerprint density at radius 2 is 2.00 bits per heavy atom. The second kappa shape index (κ2) is 3.18. The van der Waals surface area contributed by atoms with E-state index in [1.54, 1.807) is 0 Å². The zero-order chi connectivity index (χ0) is 10.1.